The van der Waals surface area contributed by atoms with Crippen molar-refractivity contribution in [1.29, 1.82) is 0 Å². The molecule has 0 rings (SSSR count). The molecular weight excluding hydrogens is 386 g/mol. The lowest BCUT2D eigenvalue weighted by atomic mass is 10.1. The van der Waals surface area contributed by atoms with Crippen LogP contribution >= 0.6 is 11.8 Å². The molecule has 0 radical (unpaired) electrons. The highest BCUT2D eigenvalue weighted by atomic mass is 32.2. The van der Waals surface area contributed by atoms with Gasteiger partial charge in [0.05, 0.1) is 6.04 Å². The molecule has 0 aliphatic carbocycles. The average molecular weight is 420 g/mol. The van der Waals surface area contributed by atoms with Crippen molar-refractivity contribution in [3.63, 3.8) is 0 Å². The van der Waals surface area contributed by atoms with Crippen LogP contribution in [0.4, 0.5) is 0 Å². The Kier molecular flexibility index (Phi) is 13.3. The van der Waals surface area contributed by atoms with Crippen molar-refractivity contribution in [2.24, 2.45) is 11.5 Å². The summed E-state index contributed by atoms with van der Waals surface area (Å²) in [6.45, 7) is 3.31. The standard InChI is InChI=1S/C17H33N5O5S/c1-10(19)14(23)21-12(6-4-5-8-18)16(25)22-13(7-9-28-3)15(24)20-11(2)17(26)27/h10-13H,4-9,18-19H2,1-3H3,(H,20,24)(H,21,23)(H,22,25)(H,26,27). The fourth-order valence-corrected chi connectivity index (χ4v) is 2.69. The van der Waals surface area contributed by atoms with Gasteiger partial charge in [-0.3, -0.25) is 19.2 Å². The van der Waals surface area contributed by atoms with E-state index in [9.17, 15) is 19.2 Å². The van der Waals surface area contributed by atoms with E-state index in [2.05, 4.69) is 16.0 Å². The van der Waals surface area contributed by atoms with Gasteiger partial charge in [-0.2, -0.15) is 11.8 Å². The van der Waals surface area contributed by atoms with E-state index in [0.717, 1.165) is 0 Å². The highest BCUT2D eigenvalue weighted by Gasteiger charge is 2.28. The van der Waals surface area contributed by atoms with E-state index >= 15 is 0 Å². The van der Waals surface area contributed by atoms with Crippen molar-refractivity contribution >= 4 is 35.5 Å². The maximum atomic E-state index is 12.7. The number of hydrogen-bond acceptors (Lipinski definition) is 7. The van der Waals surface area contributed by atoms with Crippen LogP contribution in [-0.2, 0) is 19.2 Å². The fraction of sp³-hybridized carbons (Fsp3) is 0.765. The number of nitrogens with two attached hydrogens (primary N) is 2. The van der Waals surface area contributed by atoms with Crippen molar-refractivity contribution in [2.45, 2.75) is 63.7 Å². The van der Waals surface area contributed by atoms with Gasteiger partial charge in [-0.25, -0.2) is 0 Å². The topological polar surface area (TPSA) is 177 Å². The molecule has 0 bridgehead atoms. The molecule has 4 unspecified atom stereocenters. The monoisotopic (exact) mass is 419 g/mol. The van der Waals surface area contributed by atoms with Crippen LogP contribution in [0.1, 0.15) is 39.5 Å². The number of hydrogen-bond donors (Lipinski definition) is 6. The van der Waals surface area contributed by atoms with Crippen LogP contribution in [0, 0.1) is 0 Å². The second-order valence-corrected chi connectivity index (χ2v) is 7.53. The summed E-state index contributed by atoms with van der Waals surface area (Å²) in [7, 11) is 0. The molecule has 0 spiro atoms. The van der Waals surface area contributed by atoms with E-state index in [4.69, 9.17) is 16.6 Å². The van der Waals surface area contributed by atoms with Gasteiger partial charge in [0.2, 0.25) is 17.7 Å². The van der Waals surface area contributed by atoms with Crippen molar-refractivity contribution in [2.75, 3.05) is 18.6 Å². The van der Waals surface area contributed by atoms with Gasteiger partial charge in [-0.05, 0) is 58.1 Å². The molecule has 3 amide bonds. The van der Waals surface area contributed by atoms with E-state index in [1.165, 1.54) is 25.6 Å². The first-order valence-electron chi connectivity index (χ1n) is 9.22. The lowest BCUT2D eigenvalue weighted by Crippen LogP contribution is -2.56. The zero-order valence-electron chi connectivity index (χ0n) is 16.7. The van der Waals surface area contributed by atoms with Gasteiger partial charge >= 0.3 is 5.97 Å². The zero-order valence-corrected chi connectivity index (χ0v) is 17.5. The van der Waals surface area contributed by atoms with Gasteiger partial charge in [0, 0.05) is 0 Å². The molecular formula is C17H33N5O5S. The molecule has 4 atom stereocenters. The van der Waals surface area contributed by atoms with Crippen LogP contribution < -0.4 is 27.4 Å². The molecule has 10 nitrogen and oxygen atoms in total. The van der Waals surface area contributed by atoms with Crippen molar-refractivity contribution in [3.05, 3.63) is 0 Å². The van der Waals surface area contributed by atoms with E-state index in [0.29, 0.717) is 38.0 Å². The molecule has 0 aliphatic heterocycles. The van der Waals surface area contributed by atoms with Gasteiger partial charge in [0.15, 0.2) is 0 Å². The number of amides is 3. The summed E-state index contributed by atoms with van der Waals surface area (Å²) in [5.74, 6) is -2.17. The molecule has 0 aromatic carbocycles. The Morgan fingerprint density at radius 1 is 0.929 bits per heavy atom. The number of carboxylic acid groups (broad SMARTS) is 1. The number of unbranched alkanes of at least 4 members (excludes halogenated alkanes) is 1. The Labute approximate surface area is 169 Å². The van der Waals surface area contributed by atoms with Crippen LogP contribution in [0.25, 0.3) is 0 Å². The lowest BCUT2D eigenvalue weighted by Gasteiger charge is -2.24. The molecule has 0 heterocycles. The SMILES string of the molecule is CSCCC(NC(=O)C(CCCCN)NC(=O)C(C)N)C(=O)NC(C)C(=O)O. The molecule has 11 heteroatoms. The maximum absolute atomic E-state index is 12.7. The van der Waals surface area contributed by atoms with Gasteiger partial charge in [0.25, 0.3) is 0 Å². The highest BCUT2D eigenvalue weighted by Crippen LogP contribution is 2.06. The minimum Gasteiger partial charge on any atom is -0.480 e. The van der Waals surface area contributed by atoms with Crippen LogP contribution in [0.15, 0.2) is 0 Å². The average Bonchev–Trinajstić information content (AvgIpc) is 2.63. The Bertz CT molecular complexity index is 532. The summed E-state index contributed by atoms with van der Waals surface area (Å²) in [4.78, 5) is 48.0. The predicted molar refractivity (Wildman–Crippen MR) is 109 cm³/mol. The van der Waals surface area contributed by atoms with Gasteiger partial charge in [-0.15, -0.1) is 0 Å². The Balaban J connectivity index is 5.16. The summed E-state index contributed by atoms with van der Waals surface area (Å²) in [6, 6.07) is -3.63. The molecule has 0 saturated carbocycles. The van der Waals surface area contributed by atoms with Crippen molar-refractivity contribution in [3.8, 4) is 0 Å². The summed E-state index contributed by atoms with van der Waals surface area (Å²) in [5, 5.41) is 16.5. The summed E-state index contributed by atoms with van der Waals surface area (Å²) in [6.07, 6.45) is 3.83. The lowest BCUT2D eigenvalue weighted by molar-refractivity contribution is -0.141. The molecule has 28 heavy (non-hydrogen) atoms. The minimum atomic E-state index is -1.17. The summed E-state index contributed by atoms with van der Waals surface area (Å²) >= 11 is 1.49. The number of rotatable bonds is 14. The molecule has 0 aromatic heterocycles. The van der Waals surface area contributed by atoms with Crippen molar-refractivity contribution in [1.82, 2.24) is 16.0 Å². The maximum Gasteiger partial charge on any atom is 0.325 e. The Morgan fingerprint density at radius 2 is 1.46 bits per heavy atom. The third-order valence-electron chi connectivity index (χ3n) is 3.97. The second-order valence-electron chi connectivity index (χ2n) is 6.55. The first-order chi connectivity index (χ1) is 13.1. The number of carbonyl (C=O) groups is 4. The Morgan fingerprint density at radius 3 is 1.96 bits per heavy atom. The Hall–Kier alpha value is -1.85. The second kappa shape index (κ2) is 14.2. The molecule has 0 saturated heterocycles. The predicted octanol–water partition coefficient (Wildman–Crippen LogP) is -1.23. The van der Waals surface area contributed by atoms with E-state index in [-0.39, 0.29) is 0 Å². The summed E-state index contributed by atoms with van der Waals surface area (Å²) < 4.78 is 0. The molecule has 0 aromatic rings. The number of aliphatic carboxylic acids is 1. The zero-order chi connectivity index (χ0) is 21.7. The fourth-order valence-electron chi connectivity index (χ4n) is 2.22. The smallest absolute Gasteiger partial charge is 0.325 e. The van der Waals surface area contributed by atoms with Crippen LogP contribution in [0.2, 0.25) is 0 Å². The van der Waals surface area contributed by atoms with Crippen LogP contribution in [0.3, 0.4) is 0 Å². The molecule has 162 valence electrons. The number of nitrogens with one attached hydrogen (secondary N) is 3. The number of thioether (sulfide) groups is 1. The third-order valence-corrected chi connectivity index (χ3v) is 4.61. The largest absolute Gasteiger partial charge is 0.480 e. The van der Waals surface area contributed by atoms with Gasteiger partial charge in [-0.1, -0.05) is 0 Å². The third kappa shape index (κ3) is 10.5. The minimum absolute atomic E-state index is 0.321. The number of carbonyl (C=O) groups excluding carboxylic acids is 3. The van der Waals surface area contributed by atoms with E-state index in [1.807, 2.05) is 6.26 Å². The van der Waals surface area contributed by atoms with E-state index in [1.54, 1.807) is 0 Å². The first-order valence-corrected chi connectivity index (χ1v) is 10.6. The number of carboxylic acids is 1. The molecule has 0 fully saturated rings. The summed E-state index contributed by atoms with van der Waals surface area (Å²) in [5.41, 5.74) is 11.0. The van der Waals surface area contributed by atoms with Crippen LogP contribution in [-0.4, -0.2) is 71.5 Å². The quantitative estimate of drug-likeness (QED) is 0.190. The van der Waals surface area contributed by atoms with E-state index < -0.39 is 47.9 Å². The normalized spacial score (nSPS) is 15.0. The van der Waals surface area contributed by atoms with Crippen molar-refractivity contribution < 1.29 is 24.3 Å². The first kappa shape index (κ1) is 26.1. The molecule has 0 aliphatic rings. The molecule has 8 N–H and O–H groups in total. The van der Waals surface area contributed by atoms with Gasteiger partial charge < -0.3 is 32.5 Å². The van der Waals surface area contributed by atoms with Crippen LogP contribution in [0.5, 0.6) is 0 Å². The highest BCUT2D eigenvalue weighted by molar-refractivity contribution is 7.98. The van der Waals surface area contributed by atoms with Gasteiger partial charge in [0.1, 0.15) is 18.1 Å².